The van der Waals surface area contributed by atoms with Crippen LogP contribution in [0, 0.1) is 17.2 Å². The molecular weight excluding hydrogens is 364 g/mol. The van der Waals surface area contributed by atoms with E-state index in [1.165, 1.54) is 6.21 Å². The standard InChI is InChI=1S/C24H18N2O3/c25-13-19-14-26-21-12-23(29-16-18-9-5-2-6-10-18)22(11-20(21)24(19)27)28-15-17-7-3-1-4-8-17/h1-12,14,19H,15-16H2. The normalized spacial score (nSPS) is 14.7. The second-order valence-electron chi connectivity index (χ2n) is 6.61. The van der Waals surface area contributed by atoms with Crippen LogP contribution in [0.15, 0.2) is 77.8 Å². The summed E-state index contributed by atoms with van der Waals surface area (Å²) in [7, 11) is 0. The number of carbonyl (C=O) groups excluding carboxylic acids is 1. The van der Waals surface area contributed by atoms with Crippen molar-refractivity contribution in [3.8, 4) is 17.6 Å². The highest BCUT2D eigenvalue weighted by Crippen LogP contribution is 2.38. The summed E-state index contributed by atoms with van der Waals surface area (Å²) in [4.78, 5) is 16.8. The molecule has 3 aromatic carbocycles. The van der Waals surface area contributed by atoms with Gasteiger partial charge in [0.05, 0.1) is 11.8 Å². The van der Waals surface area contributed by atoms with E-state index < -0.39 is 5.92 Å². The largest absolute Gasteiger partial charge is 0.485 e. The molecule has 1 heterocycles. The molecule has 0 saturated heterocycles. The number of Topliss-reactive ketones (excluding diaryl/α,β-unsaturated/α-hetero) is 1. The second kappa shape index (κ2) is 8.41. The first-order valence-corrected chi connectivity index (χ1v) is 9.24. The van der Waals surface area contributed by atoms with Gasteiger partial charge in [-0.1, -0.05) is 60.7 Å². The topological polar surface area (TPSA) is 71.7 Å². The van der Waals surface area contributed by atoms with Gasteiger partial charge >= 0.3 is 0 Å². The van der Waals surface area contributed by atoms with Crippen LogP contribution in [0.4, 0.5) is 5.69 Å². The zero-order valence-electron chi connectivity index (χ0n) is 15.6. The fourth-order valence-electron chi connectivity index (χ4n) is 3.03. The van der Waals surface area contributed by atoms with Crippen molar-refractivity contribution in [1.29, 1.82) is 5.26 Å². The molecule has 0 bridgehead atoms. The number of rotatable bonds is 6. The van der Waals surface area contributed by atoms with Crippen molar-refractivity contribution in [3.63, 3.8) is 0 Å². The van der Waals surface area contributed by atoms with Gasteiger partial charge in [0.25, 0.3) is 0 Å². The maximum atomic E-state index is 12.6. The molecule has 1 atom stereocenters. The van der Waals surface area contributed by atoms with Crippen LogP contribution in [0.1, 0.15) is 21.5 Å². The Morgan fingerprint density at radius 2 is 1.41 bits per heavy atom. The van der Waals surface area contributed by atoms with E-state index in [4.69, 9.17) is 14.7 Å². The minimum Gasteiger partial charge on any atom is -0.485 e. The van der Waals surface area contributed by atoms with Gasteiger partial charge in [0.2, 0.25) is 0 Å². The van der Waals surface area contributed by atoms with Gasteiger partial charge in [-0.25, -0.2) is 0 Å². The highest BCUT2D eigenvalue weighted by molar-refractivity contribution is 6.14. The molecule has 1 aliphatic heterocycles. The average molecular weight is 382 g/mol. The lowest BCUT2D eigenvalue weighted by molar-refractivity contribution is 0.0975. The Hall–Kier alpha value is -3.91. The van der Waals surface area contributed by atoms with Crippen molar-refractivity contribution in [2.24, 2.45) is 10.9 Å². The predicted octanol–water partition coefficient (Wildman–Crippen LogP) is 4.88. The molecule has 1 aliphatic rings. The lowest BCUT2D eigenvalue weighted by Gasteiger charge is -2.18. The van der Waals surface area contributed by atoms with E-state index in [2.05, 4.69) is 4.99 Å². The van der Waals surface area contributed by atoms with Crippen LogP contribution in [-0.4, -0.2) is 12.0 Å². The molecule has 0 radical (unpaired) electrons. The molecule has 1 unspecified atom stereocenters. The second-order valence-corrected chi connectivity index (χ2v) is 6.61. The molecule has 4 rings (SSSR count). The smallest absolute Gasteiger partial charge is 0.187 e. The summed E-state index contributed by atoms with van der Waals surface area (Å²) in [6.45, 7) is 0.695. The maximum Gasteiger partial charge on any atom is 0.187 e. The molecule has 3 aromatic rings. The lowest BCUT2D eigenvalue weighted by atomic mass is 9.95. The number of hydrogen-bond donors (Lipinski definition) is 0. The fourth-order valence-corrected chi connectivity index (χ4v) is 3.03. The number of nitrogens with zero attached hydrogens (tertiary/aromatic N) is 2. The SMILES string of the molecule is N#CC1C=Nc2cc(OCc3ccccc3)c(OCc3ccccc3)cc2C1=O. The highest BCUT2D eigenvalue weighted by atomic mass is 16.5. The summed E-state index contributed by atoms with van der Waals surface area (Å²) in [5.41, 5.74) is 2.87. The third kappa shape index (κ3) is 4.17. The first-order chi connectivity index (χ1) is 14.2. The summed E-state index contributed by atoms with van der Waals surface area (Å²) in [6.07, 6.45) is 1.37. The Morgan fingerprint density at radius 1 is 0.862 bits per heavy atom. The molecule has 0 aromatic heterocycles. The van der Waals surface area contributed by atoms with E-state index in [0.29, 0.717) is 36.0 Å². The minimum absolute atomic E-state index is 0.281. The lowest BCUT2D eigenvalue weighted by Crippen LogP contribution is -2.18. The van der Waals surface area contributed by atoms with E-state index in [-0.39, 0.29) is 5.78 Å². The summed E-state index contributed by atoms with van der Waals surface area (Å²) in [6, 6.07) is 24.8. The number of benzene rings is 3. The van der Waals surface area contributed by atoms with Crippen LogP contribution < -0.4 is 9.47 Å². The van der Waals surface area contributed by atoms with Gasteiger partial charge in [0, 0.05) is 17.8 Å². The number of carbonyl (C=O) groups is 1. The highest BCUT2D eigenvalue weighted by Gasteiger charge is 2.27. The summed E-state index contributed by atoms with van der Waals surface area (Å²) in [5, 5.41) is 9.16. The Balaban J connectivity index is 1.64. The summed E-state index contributed by atoms with van der Waals surface area (Å²) in [5.74, 6) is -0.202. The first-order valence-electron chi connectivity index (χ1n) is 9.24. The molecular formula is C24H18N2O3. The van der Waals surface area contributed by atoms with E-state index >= 15 is 0 Å². The number of hydrogen-bond acceptors (Lipinski definition) is 5. The van der Waals surface area contributed by atoms with Crippen molar-refractivity contribution in [1.82, 2.24) is 0 Å². The zero-order chi connectivity index (χ0) is 20.1. The summed E-state index contributed by atoms with van der Waals surface area (Å²) >= 11 is 0. The zero-order valence-corrected chi connectivity index (χ0v) is 15.6. The van der Waals surface area contributed by atoms with Crippen LogP contribution in [0.3, 0.4) is 0 Å². The van der Waals surface area contributed by atoms with Gasteiger partial charge in [-0.2, -0.15) is 5.26 Å². The van der Waals surface area contributed by atoms with Crippen LogP contribution in [0.5, 0.6) is 11.5 Å². The van der Waals surface area contributed by atoms with Gasteiger partial charge in [-0.3, -0.25) is 9.79 Å². The Kier molecular flexibility index (Phi) is 5.35. The average Bonchev–Trinajstić information content (AvgIpc) is 2.78. The minimum atomic E-state index is -0.874. The summed E-state index contributed by atoms with van der Waals surface area (Å²) < 4.78 is 12.0. The number of aliphatic imine (C=N–C) groups is 1. The molecule has 5 heteroatoms. The third-order valence-corrected chi connectivity index (χ3v) is 4.59. The third-order valence-electron chi connectivity index (χ3n) is 4.59. The number of nitriles is 1. The molecule has 0 aliphatic carbocycles. The van der Waals surface area contributed by atoms with Gasteiger partial charge in [0.15, 0.2) is 17.3 Å². The molecule has 142 valence electrons. The van der Waals surface area contributed by atoms with Crippen LogP contribution >= 0.6 is 0 Å². The molecule has 0 amide bonds. The fraction of sp³-hybridized carbons (Fsp3) is 0.125. The van der Waals surface area contributed by atoms with E-state index in [1.54, 1.807) is 12.1 Å². The van der Waals surface area contributed by atoms with E-state index in [1.807, 2.05) is 66.7 Å². The first kappa shape index (κ1) is 18.5. The van der Waals surface area contributed by atoms with Crippen LogP contribution in [0.2, 0.25) is 0 Å². The number of ether oxygens (including phenoxy) is 2. The van der Waals surface area contributed by atoms with Crippen molar-refractivity contribution in [2.45, 2.75) is 13.2 Å². The van der Waals surface area contributed by atoms with Gasteiger partial charge in [-0.05, 0) is 17.2 Å². The van der Waals surface area contributed by atoms with Crippen molar-refractivity contribution in [3.05, 3.63) is 89.5 Å². The van der Waals surface area contributed by atoms with Gasteiger partial charge in [0.1, 0.15) is 19.1 Å². The van der Waals surface area contributed by atoms with Crippen molar-refractivity contribution < 1.29 is 14.3 Å². The Morgan fingerprint density at radius 3 is 1.97 bits per heavy atom. The van der Waals surface area contributed by atoms with Gasteiger partial charge in [-0.15, -0.1) is 0 Å². The molecule has 0 N–H and O–H groups in total. The molecule has 29 heavy (non-hydrogen) atoms. The molecule has 0 fully saturated rings. The van der Waals surface area contributed by atoms with Crippen LogP contribution in [-0.2, 0) is 13.2 Å². The van der Waals surface area contributed by atoms with E-state index in [9.17, 15) is 4.79 Å². The number of fused-ring (bicyclic) bond motifs is 1. The Bertz CT molecular complexity index is 1090. The predicted molar refractivity (Wildman–Crippen MR) is 110 cm³/mol. The Labute approximate surface area is 168 Å². The van der Waals surface area contributed by atoms with Crippen LogP contribution in [0.25, 0.3) is 0 Å². The van der Waals surface area contributed by atoms with E-state index in [0.717, 1.165) is 11.1 Å². The number of ketones is 1. The van der Waals surface area contributed by atoms with Crippen molar-refractivity contribution >= 4 is 17.7 Å². The molecule has 5 nitrogen and oxygen atoms in total. The molecule has 0 spiro atoms. The maximum absolute atomic E-state index is 12.6. The van der Waals surface area contributed by atoms with Gasteiger partial charge < -0.3 is 9.47 Å². The van der Waals surface area contributed by atoms with Crippen molar-refractivity contribution in [2.75, 3.05) is 0 Å². The quantitative estimate of drug-likeness (QED) is 0.609. The monoisotopic (exact) mass is 382 g/mol. The molecule has 0 saturated carbocycles.